The zero-order valence-corrected chi connectivity index (χ0v) is 13.5. The standard InChI is InChI=1S/C19H22N4/c1-14-6-2-3-7-15(14)19-20-11-13-23(19)12-10-18-16-8-4-5-9-17(16)21-22-18/h2-3,6-7,11,13H,4-5,8-10,12H2,1H3,(H,21,22). The molecule has 4 nitrogen and oxygen atoms in total. The Labute approximate surface area is 136 Å². The minimum Gasteiger partial charge on any atom is -0.331 e. The highest BCUT2D eigenvalue weighted by molar-refractivity contribution is 5.60. The number of hydrogen-bond acceptors (Lipinski definition) is 2. The number of benzene rings is 1. The van der Waals surface area contributed by atoms with E-state index in [9.17, 15) is 0 Å². The maximum Gasteiger partial charge on any atom is 0.140 e. The lowest BCUT2D eigenvalue weighted by Crippen LogP contribution is -2.07. The molecule has 0 fully saturated rings. The second-order valence-electron chi connectivity index (χ2n) is 6.34. The van der Waals surface area contributed by atoms with Crippen molar-refractivity contribution >= 4 is 0 Å². The first-order chi connectivity index (χ1) is 11.3. The third-order valence-electron chi connectivity index (χ3n) is 4.83. The van der Waals surface area contributed by atoms with Gasteiger partial charge in [0, 0.05) is 36.6 Å². The molecule has 0 saturated carbocycles. The van der Waals surface area contributed by atoms with Gasteiger partial charge in [0.2, 0.25) is 0 Å². The lowest BCUT2D eigenvalue weighted by Gasteiger charge is -2.12. The molecule has 0 bridgehead atoms. The number of aryl methyl sites for hydroxylation is 4. The van der Waals surface area contributed by atoms with E-state index in [1.165, 1.54) is 47.3 Å². The van der Waals surface area contributed by atoms with Crippen LogP contribution in [0, 0.1) is 6.92 Å². The summed E-state index contributed by atoms with van der Waals surface area (Å²) in [5.41, 5.74) is 6.53. The molecule has 2 heterocycles. The fraction of sp³-hybridized carbons (Fsp3) is 0.368. The molecule has 0 amide bonds. The van der Waals surface area contributed by atoms with Gasteiger partial charge in [0.15, 0.2) is 0 Å². The van der Waals surface area contributed by atoms with Gasteiger partial charge in [-0.3, -0.25) is 5.10 Å². The lowest BCUT2D eigenvalue weighted by molar-refractivity contribution is 0.660. The molecule has 0 atom stereocenters. The summed E-state index contributed by atoms with van der Waals surface area (Å²) in [6, 6.07) is 8.43. The van der Waals surface area contributed by atoms with E-state index in [0.29, 0.717) is 0 Å². The van der Waals surface area contributed by atoms with Crippen LogP contribution in [0.4, 0.5) is 0 Å². The van der Waals surface area contributed by atoms with Crippen LogP contribution >= 0.6 is 0 Å². The molecule has 0 aliphatic heterocycles. The summed E-state index contributed by atoms with van der Waals surface area (Å²) >= 11 is 0. The summed E-state index contributed by atoms with van der Waals surface area (Å²) in [6.45, 7) is 3.05. The number of rotatable bonds is 4. The van der Waals surface area contributed by atoms with Gasteiger partial charge in [-0.25, -0.2) is 4.98 Å². The Morgan fingerprint density at radius 3 is 2.96 bits per heavy atom. The zero-order chi connectivity index (χ0) is 15.6. The van der Waals surface area contributed by atoms with Gasteiger partial charge >= 0.3 is 0 Å². The van der Waals surface area contributed by atoms with E-state index >= 15 is 0 Å². The molecule has 1 N–H and O–H groups in total. The minimum absolute atomic E-state index is 0.918. The summed E-state index contributed by atoms with van der Waals surface area (Å²) in [4.78, 5) is 4.57. The van der Waals surface area contributed by atoms with E-state index in [-0.39, 0.29) is 0 Å². The number of H-pyrrole nitrogens is 1. The Morgan fingerprint density at radius 2 is 2.04 bits per heavy atom. The summed E-state index contributed by atoms with van der Waals surface area (Å²) in [7, 11) is 0. The van der Waals surface area contributed by atoms with Gasteiger partial charge in [-0.05, 0) is 43.7 Å². The average Bonchev–Trinajstić information content (AvgIpc) is 3.20. The smallest absolute Gasteiger partial charge is 0.140 e. The Balaban J connectivity index is 1.56. The first kappa shape index (κ1) is 14.2. The minimum atomic E-state index is 0.918. The molecular formula is C19H22N4. The van der Waals surface area contributed by atoms with E-state index in [4.69, 9.17) is 0 Å². The SMILES string of the molecule is Cc1ccccc1-c1nccn1CCc1n[nH]c2c1CCCC2. The maximum atomic E-state index is 4.57. The van der Waals surface area contributed by atoms with Crippen molar-refractivity contribution in [1.29, 1.82) is 0 Å². The van der Waals surface area contributed by atoms with Crippen molar-refractivity contribution in [2.45, 2.75) is 45.6 Å². The fourth-order valence-electron chi connectivity index (χ4n) is 3.54. The van der Waals surface area contributed by atoms with Crippen LogP contribution in [0.1, 0.15) is 35.4 Å². The van der Waals surface area contributed by atoms with Crippen molar-refractivity contribution in [1.82, 2.24) is 19.7 Å². The number of nitrogens with one attached hydrogen (secondary N) is 1. The van der Waals surface area contributed by atoms with Gasteiger partial charge in [0.1, 0.15) is 5.82 Å². The molecule has 1 aromatic carbocycles. The Bertz CT molecular complexity index is 812. The predicted octanol–water partition coefficient (Wildman–Crippen LogP) is 3.70. The first-order valence-electron chi connectivity index (χ1n) is 8.45. The number of imidazole rings is 1. The van der Waals surface area contributed by atoms with E-state index in [2.05, 4.69) is 57.1 Å². The third-order valence-corrected chi connectivity index (χ3v) is 4.83. The van der Waals surface area contributed by atoms with Crippen LogP contribution in [0.3, 0.4) is 0 Å². The second-order valence-corrected chi connectivity index (χ2v) is 6.34. The van der Waals surface area contributed by atoms with E-state index in [1.807, 2.05) is 6.20 Å². The molecule has 0 unspecified atom stereocenters. The van der Waals surface area contributed by atoms with Crippen molar-refractivity contribution in [2.24, 2.45) is 0 Å². The number of aromatic nitrogens is 4. The molecule has 0 radical (unpaired) electrons. The highest BCUT2D eigenvalue weighted by Gasteiger charge is 2.17. The Morgan fingerprint density at radius 1 is 1.17 bits per heavy atom. The molecular weight excluding hydrogens is 284 g/mol. The van der Waals surface area contributed by atoms with Crippen LogP contribution in [0.25, 0.3) is 11.4 Å². The molecule has 3 aromatic rings. The van der Waals surface area contributed by atoms with Crippen LogP contribution in [0.2, 0.25) is 0 Å². The van der Waals surface area contributed by atoms with Crippen molar-refractivity contribution in [3.63, 3.8) is 0 Å². The van der Waals surface area contributed by atoms with E-state index in [1.54, 1.807) is 0 Å². The van der Waals surface area contributed by atoms with Gasteiger partial charge in [0.05, 0.1) is 5.69 Å². The number of aromatic amines is 1. The highest BCUT2D eigenvalue weighted by Crippen LogP contribution is 2.24. The van der Waals surface area contributed by atoms with Crippen molar-refractivity contribution < 1.29 is 0 Å². The van der Waals surface area contributed by atoms with Crippen LogP contribution in [0.5, 0.6) is 0 Å². The number of fused-ring (bicyclic) bond motifs is 1. The summed E-state index contributed by atoms with van der Waals surface area (Å²) in [5, 5.41) is 7.80. The normalized spacial score (nSPS) is 14.0. The summed E-state index contributed by atoms with van der Waals surface area (Å²) in [6.07, 6.45) is 9.83. The Hall–Kier alpha value is -2.36. The quantitative estimate of drug-likeness (QED) is 0.799. The van der Waals surface area contributed by atoms with Gasteiger partial charge in [-0.15, -0.1) is 0 Å². The summed E-state index contributed by atoms with van der Waals surface area (Å²) in [5.74, 6) is 1.05. The predicted molar refractivity (Wildman–Crippen MR) is 91.3 cm³/mol. The number of hydrogen-bond donors (Lipinski definition) is 1. The largest absolute Gasteiger partial charge is 0.331 e. The Kier molecular flexibility index (Phi) is 3.74. The van der Waals surface area contributed by atoms with Gasteiger partial charge in [-0.1, -0.05) is 24.3 Å². The monoisotopic (exact) mass is 306 g/mol. The van der Waals surface area contributed by atoms with Gasteiger partial charge in [0.25, 0.3) is 0 Å². The molecule has 118 valence electrons. The van der Waals surface area contributed by atoms with Gasteiger partial charge < -0.3 is 4.57 Å². The van der Waals surface area contributed by atoms with Crippen molar-refractivity contribution in [2.75, 3.05) is 0 Å². The first-order valence-corrected chi connectivity index (χ1v) is 8.45. The van der Waals surface area contributed by atoms with E-state index < -0.39 is 0 Å². The number of nitrogens with zero attached hydrogens (tertiary/aromatic N) is 3. The third kappa shape index (κ3) is 2.69. The van der Waals surface area contributed by atoms with Gasteiger partial charge in [-0.2, -0.15) is 5.10 Å². The van der Waals surface area contributed by atoms with Crippen molar-refractivity contribution in [3.8, 4) is 11.4 Å². The van der Waals surface area contributed by atoms with Crippen molar-refractivity contribution in [3.05, 3.63) is 59.2 Å². The molecule has 0 saturated heterocycles. The molecule has 2 aromatic heterocycles. The van der Waals surface area contributed by atoms with Crippen LogP contribution in [-0.2, 0) is 25.8 Å². The topological polar surface area (TPSA) is 46.5 Å². The molecule has 4 rings (SSSR count). The molecule has 4 heteroatoms. The fourth-order valence-corrected chi connectivity index (χ4v) is 3.54. The second kappa shape index (κ2) is 6.03. The zero-order valence-electron chi connectivity index (χ0n) is 13.5. The van der Waals surface area contributed by atoms with Crippen LogP contribution in [-0.4, -0.2) is 19.7 Å². The van der Waals surface area contributed by atoms with E-state index in [0.717, 1.165) is 25.2 Å². The molecule has 1 aliphatic carbocycles. The van der Waals surface area contributed by atoms with Crippen LogP contribution < -0.4 is 0 Å². The maximum absolute atomic E-state index is 4.57. The highest BCUT2D eigenvalue weighted by atomic mass is 15.1. The molecule has 1 aliphatic rings. The molecule has 23 heavy (non-hydrogen) atoms. The lowest BCUT2D eigenvalue weighted by atomic mass is 9.95. The molecule has 0 spiro atoms. The van der Waals surface area contributed by atoms with Crippen LogP contribution in [0.15, 0.2) is 36.7 Å². The summed E-state index contributed by atoms with van der Waals surface area (Å²) < 4.78 is 2.24. The average molecular weight is 306 g/mol.